The topological polar surface area (TPSA) is 57.4 Å². The maximum absolute atomic E-state index is 15.1. The van der Waals surface area contributed by atoms with Crippen LogP contribution in [-0.4, -0.2) is 9.13 Å². The fraction of sp³-hybridized carbons (Fsp3) is 0.191. The van der Waals surface area contributed by atoms with E-state index in [1.54, 1.807) is 12.1 Å². The van der Waals surface area contributed by atoms with E-state index in [1.807, 2.05) is 75.9 Å². The van der Waals surface area contributed by atoms with E-state index in [0.29, 0.717) is 16.9 Å². The second-order valence-corrected chi connectivity index (χ2v) is 16.0. The van der Waals surface area contributed by atoms with E-state index < -0.39 is 11.7 Å². The van der Waals surface area contributed by atoms with Crippen molar-refractivity contribution in [2.45, 2.75) is 58.5 Å². The van der Waals surface area contributed by atoms with Crippen LogP contribution in [0.1, 0.15) is 69.4 Å². The van der Waals surface area contributed by atoms with Crippen LogP contribution in [0.3, 0.4) is 0 Å². The van der Waals surface area contributed by atoms with Gasteiger partial charge in [0, 0.05) is 27.1 Å². The van der Waals surface area contributed by atoms with Gasteiger partial charge in [0.15, 0.2) is 0 Å². The summed E-state index contributed by atoms with van der Waals surface area (Å²) in [5, 5.41) is 24.4. The number of aromatic nitrogens is 2. The molecule has 0 saturated heterocycles. The summed E-state index contributed by atoms with van der Waals surface area (Å²) in [6.45, 7) is 12.9. The lowest BCUT2D eigenvalue weighted by Crippen LogP contribution is -2.11. The van der Waals surface area contributed by atoms with E-state index in [4.69, 9.17) is 0 Å². The van der Waals surface area contributed by atoms with Gasteiger partial charge in [0.05, 0.1) is 56.2 Å². The molecule has 0 aliphatic heterocycles. The minimum atomic E-state index is -4.77. The van der Waals surface area contributed by atoms with Gasteiger partial charge in [0.25, 0.3) is 0 Å². The third-order valence-corrected chi connectivity index (χ3v) is 10.5. The number of nitriles is 2. The summed E-state index contributed by atoms with van der Waals surface area (Å²) >= 11 is 0. The van der Waals surface area contributed by atoms with Gasteiger partial charge in [0.1, 0.15) is 6.07 Å². The average Bonchev–Trinajstić information content (AvgIpc) is 3.65. The molecule has 8 aromatic rings. The normalized spacial score (nSPS) is 12.5. The third-order valence-electron chi connectivity index (χ3n) is 10.5. The average molecular weight is 715 g/mol. The first-order chi connectivity index (χ1) is 25.6. The number of fused-ring (bicyclic) bond motifs is 6. The molecule has 0 aliphatic rings. The van der Waals surface area contributed by atoms with Crippen LogP contribution in [0, 0.1) is 22.7 Å². The Bertz CT molecular complexity index is 2910. The fourth-order valence-corrected chi connectivity index (χ4v) is 7.73. The SMILES string of the molecule is CC(C)(C)c1ccc2c(c1)c1ccccc1n2-c1cc(-c2ccc(C#N)cc2C(F)(F)F)c(-n2c3ccccc3c3cc(C(C)(C)C)ccc32)cc1C#N. The minimum absolute atomic E-state index is 0.0877. The molecule has 0 saturated carbocycles. The Balaban J connectivity index is 1.54. The molecule has 266 valence electrons. The number of nitrogens with zero attached hydrogens (tertiary/aromatic N) is 4. The molecule has 0 N–H and O–H groups in total. The summed E-state index contributed by atoms with van der Waals surface area (Å²) in [5.74, 6) is 0. The van der Waals surface area contributed by atoms with Crippen LogP contribution >= 0.6 is 0 Å². The highest BCUT2D eigenvalue weighted by atomic mass is 19.4. The Hall–Kier alpha value is -6.31. The zero-order valence-electron chi connectivity index (χ0n) is 30.9. The molecule has 7 heteroatoms. The van der Waals surface area contributed by atoms with E-state index in [0.717, 1.165) is 60.8 Å². The number of rotatable bonds is 3. The predicted octanol–water partition coefficient (Wildman–Crippen LogP) is 12.9. The Morgan fingerprint density at radius 1 is 0.481 bits per heavy atom. The van der Waals surface area contributed by atoms with E-state index in [-0.39, 0.29) is 27.5 Å². The van der Waals surface area contributed by atoms with Crippen LogP contribution in [0.2, 0.25) is 0 Å². The van der Waals surface area contributed by atoms with Gasteiger partial charge in [-0.05, 0) is 88.2 Å². The van der Waals surface area contributed by atoms with Gasteiger partial charge in [-0.1, -0.05) is 96.1 Å². The van der Waals surface area contributed by atoms with Crippen molar-refractivity contribution in [3.05, 3.63) is 143 Å². The number of halogens is 3. The summed E-state index contributed by atoms with van der Waals surface area (Å²) < 4.78 is 49.2. The summed E-state index contributed by atoms with van der Waals surface area (Å²) in [5.41, 5.74) is 5.63. The van der Waals surface area contributed by atoms with Crippen molar-refractivity contribution in [1.82, 2.24) is 9.13 Å². The first-order valence-electron chi connectivity index (χ1n) is 17.9. The molecule has 54 heavy (non-hydrogen) atoms. The molecule has 0 amide bonds. The van der Waals surface area contributed by atoms with E-state index in [1.165, 1.54) is 12.1 Å². The van der Waals surface area contributed by atoms with Gasteiger partial charge in [0.2, 0.25) is 0 Å². The summed E-state index contributed by atoms with van der Waals surface area (Å²) in [6.07, 6.45) is -4.77. The molecule has 4 nitrogen and oxygen atoms in total. The minimum Gasteiger partial charge on any atom is -0.309 e. The largest absolute Gasteiger partial charge is 0.417 e. The van der Waals surface area contributed by atoms with Crippen molar-refractivity contribution in [2.24, 2.45) is 0 Å². The monoisotopic (exact) mass is 714 g/mol. The lowest BCUT2D eigenvalue weighted by atomic mass is 9.86. The lowest BCUT2D eigenvalue weighted by Gasteiger charge is -2.22. The van der Waals surface area contributed by atoms with Crippen LogP contribution in [0.15, 0.2) is 115 Å². The van der Waals surface area contributed by atoms with Crippen LogP contribution in [0.25, 0.3) is 66.1 Å². The molecule has 0 atom stereocenters. The van der Waals surface area contributed by atoms with Crippen molar-refractivity contribution in [3.63, 3.8) is 0 Å². The standard InChI is InChI=1S/C47H37F3N4/c1-45(2,3)30-16-19-41-35(23-30)33-11-7-9-13-39(33)53(41)43-25-37(32-18-15-28(26-51)21-38(32)47(48,49)50)44(22-29(43)27-52)54-40-14-10-8-12-34(40)36-24-31(46(4,5)6)17-20-42(36)54/h7-25H,1-6H3. The van der Waals surface area contributed by atoms with Crippen molar-refractivity contribution in [1.29, 1.82) is 10.5 Å². The van der Waals surface area contributed by atoms with Crippen LogP contribution in [0.4, 0.5) is 13.2 Å². The smallest absolute Gasteiger partial charge is 0.309 e. The van der Waals surface area contributed by atoms with Gasteiger partial charge in [-0.25, -0.2) is 0 Å². The molecule has 0 radical (unpaired) electrons. The maximum Gasteiger partial charge on any atom is 0.417 e. The number of hydrogen-bond acceptors (Lipinski definition) is 2. The number of alkyl halides is 3. The Morgan fingerprint density at radius 3 is 1.46 bits per heavy atom. The van der Waals surface area contributed by atoms with Crippen molar-refractivity contribution in [2.75, 3.05) is 0 Å². The van der Waals surface area contributed by atoms with E-state index in [9.17, 15) is 10.5 Å². The number of benzene rings is 6. The van der Waals surface area contributed by atoms with Crippen molar-refractivity contribution >= 4 is 43.6 Å². The summed E-state index contributed by atoms with van der Waals surface area (Å²) in [4.78, 5) is 0. The predicted molar refractivity (Wildman–Crippen MR) is 212 cm³/mol. The van der Waals surface area contributed by atoms with E-state index in [2.05, 4.69) is 71.9 Å². The highest BCUT2D eigenvalue weighted by Gasteiger charge is 2.35. The van der Waals surface area contributed by atoms with Gasteiger partial charge < -0.3 is 9.13 Å². The molecule has 0 bridgehead atoms. The molecule has 0 fully saturated rings. The van der Waals surface area contributed by atoms with Gasteiger partial charge >= 0.3 is 6.18 Å². The Morgan fingerprint density at radius 2 is 0.981 bits per heavy atom. The Labute approximate surface area is 311 Å². The van der Waals surface area contributed by atoms with Crippen LogP contribution in [0.5, 0.6) is 0 Å². The number of hydrogen-bond donors (Lipinski definition) is 0. The van der Waals surface area contributed by atoms with E-state index >= 15 is 13.2 Å². The molecule has 6 aromatic carbocycles. The van der Waals surface area contributed by atoms with Gasteiger partial charge in [-0.15, -0.1) is 0 Å². The molecule has 0 spiro atoms. The molecular formula is C47H37F3N4. The lowest BCUT2D eigenvalue weighted by molar-refractivity contribution is -0.137. The third kappa shape index (κ3) is 5.51. The van der Waals surface area contributed by atoms with Crippen LogP contribution < -0.4 is 0 Å². The van der Waals surface area contributed by atoms with Crippen molar-refractivity contribution < 1.29 is 13.2 Å². The molecular weight excluding hydrogens is 678 g/mol. The fourth-order valence-electron chi connectivity index (χ4n) is 7.73. The maximum atomic E-state index is 15.1. The Kier molecular flexibility index (Phi) is 7.80. The summed E-state index contributed by atoms with van der Waals surface area (Å²) in [6, 6.07) is 39.7. The van der Waals surface area contributed by atoms with Gasteiger partial charge in [-0.3, -0.25) is 0 Å². The second kappa shape index (κ2) is 12.1. The van der Waals surface area contributed by atoms with Gasteiger partial charge in [-0.2, -0.15) is 23.7 Å². The zero-order chi connectivity index (χ0) is 38.3. The zero-order valence-corrected chi connectivity index (χ0v) is 30.9. The molecule has 0 aliphatic carbocycles. The summed E-state index contributed by atoms with van der Waals surface area (Å²) in [7, 11) is 0. The first-order valence-corrected chi connectivity index (χ1v) is 17.9. The second-order valence-electron chi connectivity index (χ2n) is 16.0. The quantitative estimate of drug-likeness (QED) is 0.183. The molecule has 8 rings (SSSR count). The number of para-hydroxylation sites is 2. The highest BCUT2D eigenvalue weighted by molar-refractivity contribution is 6.11. The first kappa shape index (κ1) is 34.8. The molecule has 2 heterocycles. The van der Waals surface area contributed by atoms with Crippen molar-refractivity contribution in [3.8, 4) is 34.6 Å². The van der Waals surface area contributed by atoms with Crippen LogP contribution in [-0.2, 0) is 17.0 Å². The molecule has 0 unspecified atom stereocenters. The molecule has 2 aromatic heterocycles. The highest BCUT2D eigenvalue weighted by Crippen LogP contribution is 2.45.